The number of rotatable bonds is 6. The lowest BCUT2D eigenvalue weighted by Gasteiger charge is -2.10. The molecule has 1 amide bonds. The summed E-state index contributed by atoms with van der Waals surface area (Å²) in [6, 6.07) is 7.93. The van der Waals surface area contributed by atoms with Crippen LogP contribution in [0.5, 0.6) is 0 Å². The van der Waals surface area contributed by atoms with E-state index in [4.69, 9.17) is 11.6 Å². The maximum atomic E-state index is 12.7. The number of allylic oxidation sites excluding steroid dienone is 4. The van der Waals surface area contributed by atoms with Crippen molar-refractivity contribution in [1.29, 1.82) is 0 Å². The molecular weight excluding hydrogens is 414 g/mol. The monoisotopic (exact) mass is 433 g/mol. The second-order valence-electron chi connectivity index (χ2n) is 6.38. The van der Waals surface area contributed by atoms with Crippen LogP contribution in [0.25, 0.3) is 5.57 Å². The minimum absolute atomic E-state index is 0.119. The minimum Gasteiger partial charge on any atom is -0.478 e. The van der Waals surface area contributed by atoms with E-state index in [2.05, 4.69) is 5.32 Å². The van der Waals surface area contributed by atoms with Crippen LogP contribution in [0.15, 0.2) is 51.7 Å². The molecule has 2 aromatic rings. The number of benzene rings is 1. The summed E-state index contributed by atoms with van der Waals surface area (Å²) in [4.78, 5) is 25.7. The van der Waals surface area contributed by atoms with Gasteiger partial charge in [0.05, 0.1) is 5.25 Å². The van der Waals surface area contributed by atoms with E-state index < -0.39 is 5.97 Å². The molecular formula is C21H20ClNO3S2. The molecule has 146 valence electrons. The zero-order chi connectivity index (χ0) is 20.3. The van der Waals surface area contributed by atoms with Gasteiger partial charge in [-0.25, -0.2) is 4.79 Å². The van der Waals surface area contributed by atoms with Crippen LogP contribution in [0.1, 0.15) is 41.8 Å². The number of aromatic carboxylic acids is 1. The first-order valence-electron chi connectivity index (χ1n) is 8.84. The van der Waals surface area contributed by atoms with Crippen LogP contribution in [0.4, 0.5) is 5.00 Å². The smallest absolute Gasteiger partial charge is 0.339 e. The lowest BCUT2D eigenvalue weighted by molar-refractivity contribution is -0.115. The maximum absolute atomic E-state index is 12.7. The van der Waals surface area contributed by atoms with Crippen molar-refractivity contribution in [1.82, 2.24) is 0 Å². The molecule has 1 aliphatic rings. The van der Waals surface area contributed by atoms with Gasteiger partial charge >= 0.3 is 5.97 Å². The average molecular weight is 434 g/mol. The van der Waals surface area contributed by atoms with Crippen LogP contribution >= 0.6 is 34.7 Å². The molecule has 0 fully saturated rings. The van der Waals surface area contributed by atoms with E-state index in [1.54, 1.807) is 17.5 Å². The predicted molar refractivity (Wildman–Crippen MR) is 118 cm³/mol. The van der Waals surface area contributed by atoms with E-state index in [9.17, 15) is 14.7 Å². The van der Waals surface area contributed by atoms with Crippen LogP contribution in [0, 0.1) is 0 Å². The molecule has 0 saturated heterocycles. The summed E-state index contributed by atoms with van der Waals surface area (Å²) < 4.78 is 0. The summed E-state index contributed by atoms with van der Waals surface area (Å²) >= 11 is 8.77. The summed E-state index contributed by atoms with van der Waals surface area (Å²) in [5.41, 5.74) is 2.64. The van der Waals surface area contributed by atoms with E-state index in [0.29, 0.717) is 28.4 Å². The lowest BCUT2D eigenvalue weighted by atomic mass is 10.0. The second kappa shape index (κ2) is 8.99. The molecule has 1 unspecified atom stereocenters. The zero-order valence-electron chi connectivity index (χ0n) is 15.5. The molecule has 2 heterocycles. The van der Waals surface area contributed by atoms with E-state index in [1.807, 2.05) is 38.1 Å². The Morgan fingerprint density at radius 2 is 2.07 bits per heavy atom. The number of thioether (sulfide) groups is 1. The maximum Gasteiger partial charge on any atom is 0.339 e. The zero-order valence-corrected chi connectivity index (χ0v) is 17.9. The van der Waals surface area contributed by atoms with E-state index in [-0.39, 0.29) is 16.7 Å². The molecule has 28 heavy (non-hydrogen) atoms. The fraction of sp³-hybridized carbons (Fsp3) is 0.238. The Morgan fingerprint density at radius 1 is 1.32 bits per heavy atom. The quantitative estimate of drug-likeness (QED) is 0.545. The largest absolute Gasteiger partial charge is 0.478 e. The summed E-state index contributed by atoms with van der Waals surface area (Å²) in [6.07, 6.45) is 4.93. The third-order valence-corrected chi connectivity index (χ3v) is 7.06. The number of fused-ring (bicyclic) bond motifs is 1. The number of carbonyl (C=O) groups excluding carboxylic acids is 1. The van der Waals surface area contributed by atoms with Gasteiger partial charge in [-0.3, -0.25) is 4.79 Å². The second-order valence-corrected chi connectivity index (χ2v) is 8.99. The Balaban J connectivity index is 1.81. The van der Waals surface area contributed by atoms with Crippen LogP contribution in [-0.4, -0.2) is 22.2 Å². The Labute approximate surface area is 177 Å². The molecule has 2 N–H and O–H groups in total. The standard InChI is InChI=1S/C21H20ClNO3S2/c1-3-14(22)9-8-12(2)15-11-27-20(18(15)21(25)26)23-19(24)17-10-13-6-4-5-7-16(13)28-17/h4-9,11,17H,3,10H2,1-2H3,(H,23,24)(H,25,26). The molecule has 0 bridgehead atoms. The van der Waals surface area contributed by atoms with E-state index in [1.165, 1.54) is 23.1 Å². The van der Waals surface area contributed by atoms with Crippen LogP contribution < -0.4 is 5.32 Å². The van der Waals surface area contributed by atoms with Crippen LogP contribution in [0.3, 0.4) is 0 Å². The lowest BCUT2D eigenvalue weighted by Crippen LogP contribution is -2.25. The van der Waals surface area contributed by atoms with Crippen molar-refractivity contribution in [3.63, 3.8) is 0 Å². The van der Waals surface area contributed by atoms with Crippen LogP contribution in [0.2, 0.25) is 0 Å². The topological polar surface area (TPSA) is 66.4 Å². The van der Waals surface area contributed by atoms with Crippen molar-refractivity contribution in [2.45, 2.75) is 36.8 Å². The molecule has 0 radical (unpaired) electrons. The number of carboxylic acids is 1. The normalized spacial score (nSPS) is 16.8. The molecule has 0 saturated carbocycles. The van der Waals surface area contributed by atoms with E-state index >= 15 is 0 Å². The number of carboxylic acid groups (broad SMARTS) is 1. The number of amides is 1. The molecule has 3 rings (SSSR count). The number of carbonyl (C=O) groups is 2. The third-order valence-electron chi connectivity index (χ3n) is 4.46. The van der Waals surface area contributed by atoms with Gasteiger partial charge in [-0.1, -0.05) is 42.8 Å². The molecule has 1 aromatic carbocycles. The van der Waals surface area contributed by atoms with Gasteiger partial charge in [-0.2, -0.15) is 0 Å². The van der Waals surface area contributed by atoms with Crippen molar-refractivity contribution >= 4 is 57.2 Å². The third kappa shape index (κ3) is 4.51. The minimum atomic E-state index is -1.06. The highest BCUT2D eigenvalue weighted by molar-refractivity contribution is 8.01. The molecule has 1 aromatic heterocycles. The van der Waals surface area contributed by atoms with Crippen molar-refractivity contribution in [3.05, 3.63) is 63.5 Å². The summed E-state index contributed by atoms with van der Waals surface area (Å²) in [5.74, 6) is -1.24. The first kappa shape index (κ1) is 20.7. The van der Waals surface area contributed by atoms with Crippen molar-refractivity contribution in [2.24, 2.45) is 0 Å². The molecule has 0 spiro atoms. The molecule has 1 aliphatic heterocycles. The number of halogens is 1. The Morgan fingerprint density at radius 3 is 2.75 bits per heavy atom. The van der Waals surface area contributed by atoms with E-state index in [0.717, 1.165) is 16.0 Å². The number of nitrogens with one attached hydrogen (secondary N) is 1. The fourth-order valence-electron chi connectivity index (χ4n) is 2.90. The summed E-state index contributed by atoms with van der Waals surface area (Å²) in [6.45, 7) is 3.78. The van der Waals surface area contributed by atoms with Gasteiger partial charge in [0, 0.05) is 20.9 Å². The van der Waals surface area contributed by atoms with Crippen molar-refractivity contribution in [2.75, 3.05) is 5.32 Å². The highest BCUT2D eigenvalue weighted by Gasteiger charge is 2.30. The van der Waals surface area contributed by atoms with Crippen LogP contribution in [-0.2, 0) is 11.2 Å². The van der Waals surface area contributed by atoms with Gasteiger partial charge < -0.3 is 10.4 Å². The Kier molecular flexibility index (Phi) is 6.65. The Hall–Kier alpha value is -2.02. The van der Waals surface area contributed by atoms with Gasteiger partial charge in [0.15, 0.2) is 0 Å². The molecule has 0 aliphatic carbocycles. The van der Waals surface area contributed by atoms with Crippen molar-refractivity contribution in [3.8, 4) is 0 Å². The van der Waals surface area contributed by atoms with Gasteiger partial charge in [0.25, 0.3) is 0 Å². The van der Waals surface area contributed by atoms with Gasteiger partial charge in [0.2, 0.25) is 5.91 Å². The summed E-state index contributed by atoms with van der Waals surface area (Å²) in [5, 5.41) is 15.1. The number of anilines is 1. The highest BCUT2D eigenvalue weighted by Crippen LogP contribution is 2.38. The summed E-state index contributed by atoms with van der Waals surface area (Å²) in [7, 11) is 0. The fourth-order valence-corrected chi connectivity index (χ4v) is 5.17. The van der Waals surface area contributed by atoms with Gasteiger partial charge in [-0.15, -0.1) is 23.1 Å². The molecule has 4 nitrogen and oxygen atoms in total. The highest BCUT2D eigenvalue weighted by atomic mass is 35.5. The predicted octanol–water partition coefficient (Wildman–Crippen LogP) is 6.04. The number of thiophene rings is 1. The number of hydrogen-bond acceptors (Lipinski definition) is 4. The Bertz CT molecular complexity index is 953. The number of hydrogen-bond donors (Lipinski definition) is 2. The first-order chi connectivity index (χ1) is 13.4. The first-order valence-corrected chi connectivity index (χ1v) is 11.0. The van der Waals surface area contributed by atoms with Gasteiger partial charge in [-0.05, 0) is 43.0 Å². The van der Waals surface area contributed by atoms with Crippen molar-refractivity contribution < 1.29 is 14.7 Å². The molecule has 7 heteroatoms. The SMILES string of the molecule is CCC(Cl)=CC=C(C)c1csc(NC(=O)C2Cc3ccccc3S2)c1C(=O)O. The average Bonchev–Trinajstić information content (AvgIpc) is 3.29. The van der Waals surface area contributed by atoms with Gasteiger partial charge in [0.1, 0.15) is 10.6 Å². The molecule has 1 atom stereocenters.